The predicted molar refractivity (Wildman–Crippen MR) is 121 cm³/mol. The first kappa shape index (κ1) is 23.0. The highest BCUT2D eigenvalue weighted by molar-refractivity contribution is 6.03. The molecule has 0 spiro atoms. The Morgan fingerprint density at radius 1 is 1.13 bits per heavy atom. The molecule has 0 aliphatic carbocycles. The Bertz CT molecular complexity index is 1040. The minimum atomic E-state index is -0.716. The van der Waals surface area contributed by atoms with E-state index in [9.17, 15) is 14.4 Å². The molecule has 2 N–H and O–H groups in total. The summed E-state index contributed by atoms with van der Waals surface area (Å²) in [7, 11) is 0. The maximum Gasteiger partial charge on any atom is 0.330 e. The summed E-state index contributed by atoms with van der Waals surface area (Å²) >= 11 is 0. The predicted octanol–water partition coefficient (Wildman–Crippen LogP) is 4.17. The van der Waals surface area contributed by atoms with E-state index in [1.54, 1.807) is 24.3 Å². The fourth-order valence-corrected chi connectivity index (χ4v) is 4.19. The van der Waals surface area contributed by atoms with Crippen molar-refractivity contribution in [3.63, 3.8) is 0 Å². The van der Waals surface area contributed by atoms with Gasteiger partial charge in [0.05, 0.1) is 6.10 Å². The molecule has 1 aromatic carbocycles. The Kier molecular flexibility index (Phi) is 6.28. The molecule has 168 valence electrons. The number of benzene rings is 1. The number of anilines is 1. The van der Waals surface area contributed by atoms with Crippen molar-refractivity contribution >= 4 is 11.6 Å². The first-order chi connectivity index (χ1) is 14.3. The Hall–Kier alpha value is -2.67. The third-order valence-electron chi connectivity index (χ3n) is 5.72. The quantitative estimate of drug-likeness (QED) is 0.766. The van der Waals surface area contributed by atoms with Crippen molar-refractivity contribution in [2.75, 3.05) is 5.32 Å². The molecule has 1 amide bonds. The van der Waals surface area contributed by atoms with Gasteiger partial charge in [-0.25, -0.2) is 4.79 Å². The number of amides is 1. The number of hydrogen-bond donors (Lipinski definition) is 2. The van der Waals surface area contributed by atoms with Gasteiger partial charge < -0.3 is 10.1 Å². The number of carbonyl (C=O) groups is 1. The zero-order valence-electron chi connectivity index (χ0n) is 19.2. The van der Waals surface area contributed by atoms with Crippen LogP contribution < -0.4 is 16.6 Å². The van der Waals surface area contributed by atoms with Crippen LogP contribution in [0.4, 0.5) is 5.69 Å². The number of hydrogen-bond acceptors (Lipinski definition) is 4. The van der Waals surface area contributed by atoms with Crippen LogP contribution in [-0.2, 0) is 4.74 Å². The van der Waals surface area contributed by atoms with Crippen LogP contribution in [0, 0.1) is 16.7 Å². The molecule has 3 atom stereocenters. The Labute approximate surface area is 182 Å². The molecule has 0 bridgehead atoms. The summed E-state index contributed by atoms with van der Waals surface area (Å²) in [6.07, 6.45) is 2.25. The summed E-state index contributed by atoms with van der Waals surface area (Å²) in [5, 5.41) is 2.69. The number of nitrogens with zero attached hydrogens (tertiary/aromatic N) is 1. The van der Waals surface area contributed by atoms with Gasteiger partial charge in [-0.05, 0) is 41.7 Å². The lowest BCUT2D eigenvalue weighted by Crippen LogP contribution is -2.36. The van der Waals surface area contributed by atoms with Crippen molar-refractivity contribution < 1.29 is 9.53 Å². The van der Waals surface area contributed by atoms with Crippen LogP contribution in [0.2, 0.25) is 0 Å². The van der Waals surface area contributed by atoms with Crippen LogP contribution in [-0.4, -0.2) is 21.6 Å². The second-order valence-electron chi connectivity index (χ2n) is 10.6. The van der Waals surface area contributed by atoms with E-state index in [0.29, 0.717) is 12.1 Å². The summed E-state index contributed by atoms with van der Waals surface area (Å²) in [5.74, 6) is -0.338. The van der Waals surface area contributed by atoms with Gasteiger partial charge in [0.2, 0.25) is 0 Å². The van der Waals surface area contributed by atoms with Gasteiger partial charge in [-0.2, -0.15) is 0 Å². The van der Waals surface area contributed by atoms with E-state index in [1.165, 1.54) is 10.8 Å². The van der Waals surface area contributed by atoms with Gasteiger partial charge in [0.1, 0.15) is 11.8 Å². The Morgan fingerprint density at radius 3 is 2.35 bits per heavy atom. The fourth-order valence-electron chi connectivity index (χ4n) is 4.19. The summed E-state index contributed by atoms with van der Waals surface area (Å²) in [6.45, 7) is 13.0. The lowest BCUT2D eigenvalue weighted by Gasteiger charge is -2.33. The molecule has 1 fully saturated rings. The molecule has 1 saturated heterocycles. The van der Waals surface area contributed by atoms with Crippen molar-refractivity contribution in [2.24, 2.45) is 16.7 Å². The number of nitrogens with one attached hydrogen (secondary N) is 2. The third-order valence-corrected chi connectivity index (χ3v) is 5.72. The largest absolute Gasteiger partial charge is 0.354 e. The second-order valence-corrected chi connectivity index (χ2v) is 10.6. The van der Waals surface area contributed by atoms with E-state index in [-0.39, 0.29) is 28.4 Å². The number of rotatable bonds is 4. The van der Waals surface area contributed by atoms with Crippen molar-refractivity contribution in [1.29, 1.82) is 0 Å². The van der Waals surface area contributed by atoms with Gasteiger partial charge in [0.25, 0.3) is 11.5 Å². The van der Waals surface area contributed by atoms with E-state index in [2.05, 4.69) is 51.8 Å². The number of carbonyl (C=O) groups excluding carboxylic acids is 1. The highest BCUT2D eigenvalue weighted by atomic mass is 16.5. The molecular weight excluding hydrogens is 394 g/mol. The first-order valence-corrected chi connectivity index (χ1v) is 10.7. The molecule has 2 heterocycles. The molecule has 0 unspecified atom stereocenters. The molecule has 2 aromatic rings. The average Bonchev–Trinajstić information content (AvgIpc) is 3.04. The third kappa shape index (κ3) is 5.53. The molecule has 1 aliphatic heterocycles. The number of aromatic amines is 1. The molecule has 7 heteroatoms. The number of aromatic nitrogens is 2. The van der Waals surface area contributed by atoms with E-state index in [1.807, 2.05) is 6.07 Å². The molecule has 7 nitrogen and oxygen atoms in total. The van der Waals surface area contributed by atoms with Crippen LogP contribution >= 0.6 is 0 Å². The van der Waals surface area contributed by atoms with E-state index in [0.717, 1.165) is 6.42 Å². The van der Waals surface area contributed by atoms with Gasteiger partial charge in [0.15, 0.2) is 0 Å². The summed E-state index contributed by atoms with van der Waals surface area (Å²) in [5.41, 5.74) is -0.788. The van der Waals surface area contributed by atoms with Gasteiger partial charge >= 0.3 is 5.69 Å². The Morgan fingerprint density at radius 2 is 1.77 bits per heavy atom. The van der Waals surface area contributed by atoms with E-state index < -0.39 is 23.4 Å². The maximum atomic E-state index is 12.7. The SMILES string of the molecule is CC(C)(C)C[C@H]1O[C@@H](n2cc(C(=O)Nc3ccccc3)c(=O)[nH]c2=O)C[C@H]1C(C)(C)C. The smallest absolute Gasteiger partial charge is 0.330 e. The monoisotopic (exact) mass is 427 g/mol. The van der Waals surface area contributed by atoms with Gasteiger partial charge in [-0.3, -0.25) is 19.1 Å². The normalized spacial score (nSPS) is 21.8. The van der Waals surface area contributed by atoms with Crippen LogP contribution in [0.3, 0.4) is 0 Å². The van der Waals surface area contributed by atoms with Crippen molar-refractivity contribution in [3.05, 3.63) is 62.9 Å². The minimum absolute atomic E-state index is 0.00994. The number of H-pyrrole nitrogens is 1. The number of ether oxygens (including phenoxy) is 1. The fraction of sp³-hybridized carbons (Fsp3) is 0.542. The topological polar surface area (TPSA) is 93.2 Å². The van der Waals surface area contributed by atoms with Gasteiger partial charge in [-0.1, -0.05) is 59.7 Å². The highest BCUT2D eigenvalue weighted by Gasteiger charge is 2.44. The van der Waals surface area contributed by atoms with Crippen LogP contribution in [0.5, 0.6) is 0 Å². The standard InChI is InChI=1S/C24H33N3O4/c1-23(2,3)13-18-17(24(4,5)6)12-19(31-18)27-14-16(21(29)26-22(27)30)20(28)25-15-10-8-7-9-11-15/h7-11,14,17-19H,12-13H2,1-6H3,(H,25,28)(H,26,29,30)/t17-,18-,19-/m1/s1. The van der Waals surface area contributed by atoms with Crippen LogP contribution in [0.25, 0.3) is 0 Å². The molecule has 1 aliphatic rings. The first-order valence-electron chi connectivity index (χ1n) is 10.7. The lowest BCUT2D eigenvalue weighted by molar-refractivity contribution is -0.0342. The second kappa shape index (κ2) is 8.46. The summed E-state index contributed by atoms with van der Waals surface area (Å²) in [6, 6.07) is 8.87. The summed E-state index contributed by atoms with van der Waals surface area (Å²) in [4.78, 5) is 39.9. The minimum Gasteiger partial charge on any atom is -0.354 e. The summed E-state index contributed by atoms with van der Waals surface area (Å²) < 4.78 is 7.70. The average molecular weight is 428 g/mol. The molecule has 3 rings (SSSR count). The van der Waals surface area contributed by atoms with Crippen molar-refractivity contribution in [1.82, 2.24) is 9.55 Å². The number of para-hydroxylation sites is 1. The van der Waals surface area contributed by atoms with E-state index in [4.69, 9.17) is 4.74 Å². The van der Waals surface area contributed by atoms with Crippen molar-refractivity contribution in [2.45, 2.75) is 66.7 Å². The highest BCUT2D eigenvalue weighted by Crippen LogP contribution is 2.46. The molecule has 31 heavy (non-hydrogen) atoms. The van der Waals surface area contributed by atoms with Crippen LogP contribution in [0.1, 0.15) is 71.0 Å². The van der Waals surface area contributed by atoms with Gasteiger partial charge in [0, 0.05) is 11.9 Å². The van der Waals surface area contributed by atoms with Crippen molar-refractivity contribution in [3.8, 4) is 0 Å². The zero-order chi connectivity index (χ0) is 23.0. The molecule has 0 saturated carbocycles. The lowest BCUT2D eigenvalue weighted by atomic mass is 9.73. The van der Waals surface area contributed by atoms with Crippen LogP contribution in [0.15, 0.2) is 46.1 Å². The molecule has 1 aromatic heterocycles. The molecule has 0 radical (unpaired) electrons. The van der Waals surface area contributed by atoms with E-state index >= 15 is 0 Å². The van der Waals surface area contributed by atoms with Gasteiger partial charge in [-0.15, -0.1) is 0 Å². The molecular formula is C24H33N3O4. The maximum absolute atomic E-state index is 12.7. The Balaban J connectivity index is 1.92. The zero-order valence-corrected chi connectivity index (χ0v) is 19.2.